The Labute approximate surface area is 170 Å². The molecule has 1 atom stereocenters. The number of likely N-dealkylation sites (tertiary alicyclic amines) is 1. The van der Waals surface area contributed by atoms with Gasteiger partial charge in [-0.2, -0.15) is 0 Å². The molecule has 0 bridgehead atoms. The summed E-state index contributed by atoms with van der Waals surface area (Å²) < 4.78 is 31.7. The van der Waals surface area contributed by atoms with Gasteiger partial charge >= 0.3 is 5.97 Å². The first kappa shape index (κ1) is 22.8. The van der Waals surface area contributed by atoms with Crippen molar-refractivity contribution < 1.29 is 27.5 Å². The number of sulfonamides is 1. The molecular weight excluding hydrogens is 398 g/mol. The van der Waals surface area contributed by atoms with Gasteiger partial charge in [0, 0.05) is 13.1 Å². The van der Waals surface area contributed by atoms with Crippen LogP contribution in [0, 0.1) is 13.8 Å². The monoisotopic (exact) mass is 425 g/mol. The Morgan fingerprint density at radius 3 is 2.38 bits per heavy atom. The second kappa shape index (κ2) is 9.84. The maximum Gasteiger partial charge on any atom is 0.326 e. The molecule has 1 saturated heterocycles. The summed E-state index contributed by atoms with van der Waals surface area (Å²) in [5.74, 6) is -1.72. The van der Waals surface area contributed by atoms with E-state index in [0.717, 1.165) is 24.0 Å². The molecule has 9 nitrogen and oxygen atoms in total. The summed E-state index contributed by atoms with van der Waals surface area (Å²) in [6.07, 6.45) is 0.932. The van der Waals surface area contributed by atoms with Crippen LogP contribution in [0.4, 0.5) is 0 Å². The van der Waals surface area contributed by atoms with Crippen molar-refractivity contribution in [2.75, 3.05) is 26.2 Å². The molecule has 29 heavy (non-hydrogen) atoms. The van der Waals surface area contributed by atoms with Crippen molar-refractivity contribution in [3.8, 4) is 0 Å². The standard InChI is InChI=1S/C19H27N3O6S/c1-13-6-7-16(10-14(13)2)29(26,27)21-11-17(23)20-12-18(24)28-15(3)19(25)22-8-4-5-9-22/h6-7,10,15,21H,4-5,8-9,11-12H2,1-3H3,(H,20,23)/t15-/m1/s1. The predicted molar refractivity (Wildman–Crippen MR) is 105 cm³/mol. The number of esters is 1. The Balaban J connectivity index is 1.76. The quantitative estimate of drug-likeness (QED) is 0.576. The molecule has 0 unspecified atom stereocenters. The fraction of sp³-hybridized carbons (Fsp3) is 0.526. The molecule has 1 aliphatic heterocycles. The minimum absolute atomic E-state index is 0.0575. The molecule has 10 heteroatoms. The van der Waals surface area contributed by atoms with Crippen LogP contribution in [0.3, 0.4) is 0 Å². The van der Waals surface area contributed by atoms with Gasteiger partial charge in [0.05, 0.1) is 11.4 Å². The van der Waals surface area contributed by atoms with Gasteiger partial charge in [0.2, 0.25) is 15.9 Å². The van der Waals surface area contributed by atoms with E-state index in [2.05, 4.69) is 10.0 Å². The van der Waals surface area contributed by atoms with Gasteiger partial charge in [-0.3, -0.25) is 14.4 Å². The second-order valence-electron chi connectivity index (χ2n) is 7.01. The van der Waals surface area contributed by atoms with Crippen LogP contribution in [-0.4, -0.2) is 63.4 Å². The van der Waals surface area contributed by atoms with Crippen LogP contribution in [0.1, 0.15) is 30.9 Å². The lowest BCUT2D eigenvalue weighted by Crippen LogP contribution is -2.42. The third kappa shape index (κ3) is 6.53. The van der Waals surface area contributed by atoms with Crippen molar-refractivity contribution >= 4 is 27.8 Å². The first-order valence-electron chi connectivity index (χ1n) is 9.42. The first-order chi connectivity index (χ1) is 13.6. The average molecular weight is 426 g/mol. The Bertz CT molecular complexity index is 878. The topological polar surface area (TPSA) is 122 Å². The van der Waals surface area contributed by atoms with E-state index in [4.69, 9.17) is 4.74 Å². The Morgan fingerprint density at radius 1 is 1.10 bits per heavy atom. The molecule has 0 radical (unpaired) electrons. The zero-order valence-electron chi connectivity index (χ0n) is 16.9. The molecule has 0 aromatic heterocycles. The van der Waals surface area contributed by atoms with Gasteiger partial charge in [-0.1, -0.05) is 6.07 Å². The molecule has 1 heterocycles. The summed E-state index contributed by atoms with van der Waals surface area (Å²) in [7, 11) is -3.85. The van der Waals surface area contributed by atoms with Gasteiger partial charge in [-0.25, -0.2) is 13.1 Å². The van der Waals surface area contributed by atoms with E-state index in [1.807, 2.05) is 6.92 Å². The minimum Gasteiger partial charge on any atom is -0.451 e. The van der Waals surface area contributed by atoms with Crippen LogP contribution in [-0.2, 0) is 29.1 Å². The van der Waals surface area contributed by atoms with E-state index in [1.165, 1.54) is 19.1 Å². The number of nitrogens with one attached hydrogen (secondary N) is 2. The van der Waals surface area contributed by atoms with E-state index in [1.54, 1.807) is 17.9 Å². The molecule has 1 aliphatic rings. The zero-order valence-corrected chi connectivity index (χ0v) is 17.7. The zero-order chi connectivity index (χ0) is 21.6. The smallest absolute Gasteiger partial charge is 0.326 e. The van der Waals surface area contributed by atoms with Crippen LogP contribution >= 0.6 is 0 Å². The fourth-order valence-corrected chi connectivity index (χ4v) is 3.91. The lowest BCUT2D eigenvalue weighted by atomic mass is 10.1. The summed E-state index contributed by atoms with van der Waals surface area (Å²) in [5.41, 5.74) is 1.77. The number of hydrogen-bond donors (Lipinski definition) is 2. The Morgan fingerprint density at radius 2 is 1.76 bits per heavy atom. The number of amides is 2. The molecule has 160 valence electrons. The van der Waals surface area contributed by atoms with Crippen LogP contribution in [0.25, 0.3) is 0 Å². The highest BCUT2D eigenvalue weighted by molar-refractivity contribution is 7.89. The number of hydrogen-bond acceptors (Lipinski definition) is 6. The number of nitrogens with zero attached hydrogens (tertiary/aromatic N) is 1. The second-order valence-corrected chi connectivity index (χ2v) is 8.78. The molecule has 1 aromatic carbocycles. The lowest BCUT2D eigenvalue weighted by molar-refractivity contribution is -0.158. The fourth-order valence-electron chi connectivity index (χ4n) is 2.84. The van der Waals surface area contributed by atoms with Crippen molar-refractivity contribution in [1.82, 2.24) is 14.9 Å². The van der Waals surface area contributed by atoms with Crippen molar-refractivity contribution in [1.29, 1.82) is 0 Å². The highest BCUT2D eigenvalue weighted by Crippen LogP contribution is 2.14. The highest BCUT2D eigenvalue weighted by atomic mass is 32.2. The number of benzene rings is 1. The van der Waals surface area contributed by atoms with Crippen molar-refractivity contribution in [2.24, 2.45) is 0 Å². The maximum absolute atomic E-state index is 12.3. The van der Waals surface area contributed by atoms with Crippen LogP contribution in [0.15, 0.2) is 23.1 Å². The molecule has 2 rings (SSSR count). The molecule has 0 saturated carbocycles. The first-order valence-corrected chi connectivity index (χ1v) is 10.9. The number of ether oxygens (including phenoxy) is 1. The summed E-state index contributed by atoms with van der Waals surface area (Å²) >= 11 is 0. The number of carbonyl (C=O) groups is 3. The normalized spacial score (nSPS) is 15.1. The predicted octanol–water partition coefficient (Wildman–Crippen LogP) is 0.252. The summed E-state index contributed by atoms with van der Waals surface area (Å²) in [6.45, 7) is 5.47. The number of carbonyl (C=O) groups excluding carboxylic acids is 3. The molecule has 1 fully saturated rings. The van der Waals surface area contributed by atoms with Gasteiger partial charge in [-0.05, 0) is 56.9 Å². The van der Waals surface area contributed by atoms with E-state index >= 15 is 0 Å². The average Bonchev–Trinajstić information content (AvgIpc) is 3.21. The molecule has 0 spiro atoms. The third-order valence-corrected chi connectivity index (χ3v) is 6.11. The largest absolute Gasteiger partial charge is 0.451 e. The van der Waals surface area contributed by atoms with E-state index in [-0.39, 0.29) is 10.8 Å². The highest BCUT2D eigenvalue weighted by Gasteiger charge is 2.26. The van der Waals surface area contributed by atoms with E-state index in [9.17, 15) is 22.8 Å². The van der Waals surface area contributed by atoms with Crippen molar-refractivity contribution in [2.45, 2.75) is 44.6 Å². The third-order valence-electron chi connectivity index (χ3n) is 4.72. The minimum atomic E-state index is -3.85. The van der Waals surface area contributed by atoms with Gasteiger partial charge in [0.1, 0.15) is 6.54 Å². The molecular formula is C19H27N3O6S. The van der Waals surface area contributed by atoms with Gasteiger partial charge in [-0.15, -0.1) is 0 Å². The maximum atomic E-state index is 12.3. The van der Waals surface area contributed by atoms with Crippen LogP contribution < -0.4 is 10.0 Å². The van der Waals surface area contributed by atoms with Crippen LogP contribution in [0.5, 0.6) is 0 Å². The van der Waals surface area contributed by atoms with Gasteiger partial charge in [0.25, 0.3) is 5.91 Å². The molecule has 2 N–H and O–H groups in total. The SMILES string of the molecule is Cc1ccc(S(=O)(=O)NCC(=O)NCC(=O)O[C@H](C)C(=O)N2CCCC2)cc1C. The molecule has 2 amide bonds. The van der Waals surface area contributed by atoms with Crippen LogP contribution in [0.2, 0.25) is 0 Å². The molecule has 1 aromatic rings. The number of rotatable bonds is 8. The van der Waals surface area contributed by atoms with Gasteiger partial charge < -0.3 is 15.0 Å². The summed E-state index contributed by atoms with van der Waals surface area (Å²) in [5, 5.41) is 2.28. The summed E-state index contributed by atoms with van der Waals surface area (Å²) in [6, 6.07) is 4.66. The summed E-state index contributed by atoms with van der Waals surface area (Å²) in [4.78, 5) is 37.5. The molecule has 0 aliphatic carbocycles. The lowest BCUT2D eigenvalue weighted by Gasteiger charge is -2.20. The Hall–Kier alpha value is -2.46. The van der Waals surface area contributed by atoms with Crippen molar-refractivity contribution in [3.63, 3.8) is 0 Å². The Kier molecular flexibility index (Phi) is 7.74. The van der Waals surface area contributed by atoms with E-state index in [0.29, 0.717) is 13.1 Å². The van der Waals surface area contributed by atoms with Crippen molar-refractivity contribution in [3.05, 3.63) is 29.3 Å². The van der Waals surface area contributed by atoms with E-state index < -0.39 is 41.1 Å². The number of aryl methyl sites for hydroxylation is 2. The van der Waals surface area contributed by atoms with Gasteiger partial charge in [0.15, 0.2) is 6.10 Å².